The summed E-state index contributed by atoms with van der Waals surface area (Å²) in [6.45, 7) is 0. The van der Waals surface area contributed by atoms with Crippen LogP contribution in [0, 0.1) is 17.1 Å². The zero-order valence-corrected chi connectivity index (χ0v) is 13.9. The van der Waals surface area contributed by atoms with Crippen LogP contribution in [0.15, 0.2) is 36.4 Å². The van der Waals surface area contributed by atoms with Crippen LogP contribution in [-0.2, 0) is 0 Å². The minimum absolute atomic E-state index is 0.160. The standard InChI is InChI=1S/C17H10Cl2FN3O/c1-24-17-7-16(12(18)6-13(17)19)23-15-5-10(8-21)22-14-4-9(20)2-3-11(14)15/h2-7H,1H3,(H,22,23). The number of benzene rings is 2. The number of pyridine rings is 1. The maximum atomic E-state index is 13.4. The van der Waals surface area contributed by atoms with Crippen molar-refractivity contribution in [3.63, 3.8) is 0 Å². The molecule has 0 fully saturated rings. The van der Waals surface area contributed by atoms with Gasteiger partial charge in [0.15, 0.2) is 0 Å². The Balaban J connectivity index is 2.15. The van der Waals surface area contributed by atoms with Crippen molar-refractivity contribution >= 4 is 45.5 Å². The van der Waals surface area contributed by atoms with Crippen molar-refractivity contribution in [1.82, 2.24) is 4.98 Å². The van der Waals surface area contributed by atoms with E-state index in [1.165, 1.54) is 19.2 Å². The second kappa shape index (κ2) is 6.52. The molecule has 0 spiro atoms. The van der Waals surface area contributed by atoms with Crippen molar-refractivity contribution < 1.29 is 9.13 Å². The molecule has 0 bridgehead atoms. The second-order valence-corrected chi connectivity index (χ2v) is 5.73. The number of methoxy groups -OCH3 is 1. The van der Waals surface area contributed by atoms with Crippen molar-refractivity contribution in [2.45, 2.75) is 0 Å². The molecule has 0 radical (unpaired) electrons. The molecular weight excluding hydrogens is 352 g/mol. The lowest BCUT2D eigenvalue weighted by molar-refractivity contribution is 0.415. The fraction of sp³-hybridized carbons (Fsp3) is 0.0588. The third-order valence-electron chi connectivity index (χ3n) is 3.40. The largest absolute Gasteiger partial charge is 0.495 e. The zero-order chi connectivity index (χ0) is 17.3. The number of nitriles is 1. The van der Waals surface area contributed by atoms with Crippen molar-refractivity contribution in [3.05, 3.63) is 58.0 Å². The Labute approximate surface area is 147 Å². The summed E-state index contributed by atoms with van der Waals surface area (Å²) in [4.78, 5) is 4.11. The Bertz CT molecular complexity index is 986. The van der Waals surface area contributed by atoms with Crippen molar-refractivity contribution in [3.8, 4) is 11.8 Å². The maximum absolute atomic E-state index is 13.4. The molecule has 1 N–H and O–H groups in total. The van der Waals surface area contributed by atoms with E-state index >= 15 is 0 Å². The molecule has 7 heteroatoms. The summed E-state index contributed by atoms with van der Waals surface area (Å²) in [6, 6.07) is 10.9. The molecule has 0 atom stereocenters. The highest BCUT2D eigenvalue weighted by molar-refractivity contribution is 6.37. The van der Waals surface area contributed by atoms with Crippen molar-refractivity contribution in [2.24, 2.45) is 0 Å². The summed E-state index contributed by atoms with van der Waals surface area (Å²) in [5.41, 5.74) is 1.64. The predicted octanol–water partition coefficient (Wildman–Crippen LogP) is 5.30. The van der Waals surface area contributed by atoms with Gasteiger partial charge in [0, 0.05) is 17.5 Å². The molecule has 0 aliphatic rings. The van der Waals surface area contributed by atoms with Crippen molar-refractivity contribution in [1.29, 1.82) is 5.26 Å². The Hall–Kier alpha value is -2.55. The van der Waals surface area contributed by atoms with E-state index in [0.717, 1.165) is 0 Å². The number of hydrogen-bond donors (Lipinski definition) is 1. The van der Waals surface area contributed by atoms with Gasteiger partial charge in [-0.2, -0.15) is 5.26 Å². The van der Waals surface area contributed by atoms with E-state index in [1.54, 1.807) is 24.3 Å². The number of hydrogen-bond acceptors (Lipinski definition) is 4. The third-order valence-corrected chi connectivity index (χ3v) is 4.01. The van der Waals surface area contributed by atoms with Gasteiger partial charge in [-0.05, 0) is 24.3 Å². The molecule has 4 nitrogen and oxygen atoms in total. The molecule has 0 aliphatic carbocycles. The third kappa shape index (κ3) is 3.07. The van der Waals surface area contributed by atoms with Crippen LogP contribution in [0.1, 0.15) is 5.69 Å². The highest BCUT2D eigenvalue weighted by Gasteiger charge is 2.12. The van der Waals surface area contributed by atoms with Crippen molar-refractivity contribution in [2.75, 3.05) is 12.4 Å². The van der Waals surface area contributed by atoms with Crippen LogP contribution in [-0.4, -0.2) is 12.1 Å². The predicted molar refractivity (Wildman–Crippen MR) is 92.7 cm³/mol. The van der Waals surface area contributed by atoms with Gasteiger partial charge in [-0.15, -0.1) is 0 Å². The fourth-order valence-electron chi connectivity index (χ4n) is 2.29. The molecule has 2 aromatic carbocycles. The molecule has 1 heterocycles. The van der Waals surface area contributed by atoms with Gasteiger partial charge in [0.2, 0.25) is 0 Å². The smallest absolute Gasteiger partial charge is 0.143 e. The number of fused-ring (bicyclic) bond motifs is 1. The summed E-state index contributed by atoms with van der Waals surface area (Å²) in [5, 5.41) is 13.7. The quantitative estimate of drug-likeness (QED) is 0.687. The van der Waals surface area contributed by atoms with E-state index in [0.29, 0.717) is 38.1 Å². The normalized spacial score (nSPS) is 10.5. The number of nitrogens with one attached hydrogen (secondary N) is 1. The van der Waals surface area contributed by atoms with Gasteiger partial charge >= 0.3 is 0 Å². The summed E-state index contributed by atoms with van der Waals surface area (Å²) < 4.78 is 18.6. The average molecular weight is 362 g/mol. The molecule has 120 valence electrons. The van der Waals surface area contributed by atoms with E-state index in [-0.39, 0.29) is 5.69 Å². The molecule has 3 aromatic rings. The van der Waals surface area contributed by atoms with Gasteiger partial charge in [-0.25, -0.2) is 9.37 Å². The molecule has 0 amide bonds. The number of aromatic nitrogens is 1. The molecule has 1 aromatic heterocycles. The van der Waals surface area contributed by atoms with E-state index in [1.807, 2.05) is 6.07 Å². The number of halogens is 3. The first-order chi connectivity index (χ1) is 11.5. The van der Waals surface area contributed by atoms with Gasteiger partial charge in [0.1, 0.15) is 23.3 Å². The highest BCUT2D eigenvalue weighted by Crippen LogP contribution is 2.37. The van der Waals surface area contributed by atoms with E-state index in [2.05, 4.69) is 10.3 Å². The summed E-state index contributed by atoms with van der Waals surface area (Å²) in [7, 11) is 1.50. The number of nitrogens with zero attached hydrogens (tertiary/aromatic N) is 2. The summed E-state index contributed by atoms with van der Waals surface area (Å²) in [5.74, 6) is 0.0238. The van der Waals surface area contributed by atoms with E-state index in [9.17, 15) is 4.39 Å². The summed E-state index contributed by atoms with van der Waals surface area (Å²) >= 11 is 12.2. The van der Waals surface area contributed by atoms with Crippen LogP contribution < -0.4 is 10.1 Å². The Kier molecular flexibility index (Phi) is 4.43. The minimum atomic E-state index is -0.428. The van der Waals surface area contributed by atoms with Crippen LogP contribution in [0.3, 0.4) is 0 Å². The monoisotopic (exact) mass is 361 g/mol. The molecule has 24 heavy (non-hydrogen) atoms. The number of anilines is 2. The van der Waals surface area contributed by atoms with Gasteiger partial charge in [0.25, 0.3) is 0 Å². The Morgan fingerprint density at radius 2 is 1.92 bits per heavy atom. The first-order valence-electron chi connectivity index (χ1n) is 6.82. The molecule has 3 rings (SSSR count). The minimum Gasteiger partial charge on any atom is -0.495 e. The SMILES string of the molecule is COc1cc(Nc2cc(C#N)nc3cc(F)ccc23)c(Cl)cc1Cl. The van der Waals surface area contributed by atoms with Gasteiger partial charge in [-0.3, -0.25) is 0 Å². The molecular formula is C17H10Cl2FN3O. The molecule has 0 saturated heterocycles. The summed E-state index contributed by atoms with van der Waals surface area (Å²) in [6.07, 6.45) is 0. The van der Waals surface area contributed by atoms with E-state index < -0.39 is 5.82 Å². The van der Waals surface area contributed by atoms with Crippen LogP contribution in [0.5, 0.6) is 5.75 Å². The van der Waals surface area contributed by atoms with Crippen LogP contribution in [0.4, 0.5) is 15.8 Å². The van der Waals surface area contributed by atoms with Gasteiger partial charge in [0.05, 0.1) is 34.0 Å². The number of rotatable bonds is 3. The van der Waals surface area contributed by atoms with Crippen LogP contribution >= 0.6 is 23.2 Å². The fourth-order valence-corrected chi connectivity index (χ4v) is 2.80. The lowest BCUT2D eigenvalue weighted by atomic mass is 10.1. The van der Waals surface area contributed by atoms with Crippen LogP contribution in [0.2, 0.25) is 10.0 Å². The average Bonchev–Trinajstić information content (AvgIpc) is 2.56. The van der Waals surface area contributed by atoms with E-state index in [4.69, 9.17) is 33.2 Å². The lowest BCUT2D eigenvalue weighted by Gasteiger charge is -2.13. The topological polar surface area (TPSA) is 57.9 Å². The second-order valence-electron chi connectivity index (χ2n) is 4.92. The van der Waals surface area contributed by atoms with Gasteiger partial charge in [-0.1, -0.05) is 23.2 Å². The Morgan fingerprint density at radius 3 is 2.62 bits per heavy atom. The van der Waals surface area contributed by atoms with Crippen LogP contribution in [0.25, 0.3) is 10.9 Å². The Morgan fingerprint density at radius 1 is 1.12 bits per heavy atom. The molecule has 0 unspecified atom stereocenters. The zero-order valence-electron chi connectivity index (χ0n) is 12.4. The first kappa shape index (κ1) is 16.3. The number of ether oxygens (including phenoxy) is 1. The van der Waals surface area contributed by atoms with Gasteiger partial charge < -0.3 is 10.1 Å². The maximum Gasteiger partial charge on any atom is 0.143 e. The molecule has 0 aliphatic heterocycles. The first-order valence-corrected chi connectivity index (χ1v) is 7.58. The lowest BCUT2D eigenvalue weighted by Crippen LogP contribution is -1.97. The molecule has 0 saturated carbocycles. The highest BCUT2D eigenvalue weighted by atomic mass is 35.5.